The second-order valence-corrected chi connectivity index (χ2v) is 7.24. The average Bonchev–Trinajstić information content (AvgIpc) is 3.37. The van der Waals surface area contributed by atoms with Gasteiger partial charge in [0.25, 0.3) is 0 Å². The van der Waals surface area contributed by atoms with E-state index in [0.717, 1.165) is 66.5 Å². The van der Waals surface area contributed by atoms with E-state index in [1.807, 2.05) is 36.4 Å². The first-order valence-corrected chi connectivity index (χ1v) is 9.77. The van der Waals surface area contributed by atoms with Crippen molar-refractivity contribution in [3.63, 3.8) is 0 Å². The fourth-order valence-electron chi connectivity index (χ4n) is 4.33. The van der Waals surface area contributed by atoms with E-state index in [1.54, 1.807) is 14.2 Å². The van der Waals surface area contributed by atoms with E-state index >= 15 is 0 Å². The van der Waals surface area contributed by atoms with Gasteiger partial charge >= 0.3 is 0 Å². The molecule has 0 N–H and O–H groups in total. The molecular formula is C26H18O4. The van der Waals surface area contributed by atoms with Gasteiger partial charge in [0.15, 0.2) is 22.7 Å². The summed E-state index contributed by atoms with van der Waals surface area (Å²) in [6, 6.07) is 24.3. The van der Waals surface area contributed by atoms with E-state index < -0.39 is 0 Å². The standard InChI is InChI=1S/C26H18O4/c1-27-21-13-5-11-19-17-9-3-7-15(23(17)29-25(19)21)16-8-4-10-18-20-12-6-14-22(28-2)26(20)30-24(16)18/h3-14H,1-2H3. The van der Waals surface area contributed by atoms with Crippen LogP contribution in [-0.2, 0) is 0 Å². The van der Waals surface area contributed by atoms with Gasteiger partial charge in [-0.3, -0.25) is 0 Å². The minimum absolute atomic E-state index is 0.723. The van der Waals surface area contributed by atoms with Crippen LogP contribution in [0.2, 0.25) is 0 Å². The van der Waals surface area contributed by atoms with E-state index in [1.165, 1.54) is 0 Å². The van der Waals surface area contributed by atoms with Gasteiger partial charge in [-0.15, -0.1) is 0 Å². The zero-order valence-corrected chi connectivity index (χ0v) is 16.6. The number of methoxy groups -OCH3 is 2. The first-order valence-electron chi connectivity index (χ1n) is 9.77. The van der Waals surface area contributed by atoms with Crippen molar-refractivity contribution in [2.75, 3.05) is 14.2 Å². The van der Waals surface area contributed by atoms with Gasteiger partial charge in [-0.05, 0) is 12.1 Å². The number of furan rings is 2. The molecule has 146 valence electrons. The summed E-state index contributed by atoms with van der Waals surface area (Å²) in [4.78, 5) is 0. The maximum atomic E-state index is 6.34. The smallest absolute Gasteiger partial charge is 0.177 e. The lowest BCUT2D eigenvalue weighted by atomic mass is 10.00. The Morgan fingerprint density at radius 2 is 0.833 bits per heavy atom. The number of benzene rings is 4. The Morgan fingerprint density at radius 1 is 0.467 bits per heavy atom. The van der Waals surface area contributed by atoms with Gasteiger partial charge in [0.1, 0.15) is 11.2 Å². The molecule has 6 aromatic rings. The van der Waals surface area contributed by atoms with Crippen molar-refractivity contribution in [1.29, 1.82) is 0 Å². The van der Waals surface area contributed by atoms with Crippen molar-refractivity contribution < 1.29 is 18.3 Å². The highest BCUT2D eigenvalue weighted by molar-refractivity contribution is 6.15. The van der Waals surface area contributed by atoms with E-state index in [9.17, 15) is 0 Å². The molecule has 0 aliphatic carbocycles. The normalized spacial score (nSPS) is 11.7. The molecule has 0 amide bonds. The fourth-order valence-corrected chi connectivity index (χ4v) is 4.33. The largest absolute Gasteiger partial charge is 0.493 e. The summed E-state index contributed by atoms with van der Waals surface area (Å²) < 4.78 is 23.7. The van der Waals surface area contributed by atoms with Gasteiger partial charge in [-0.25, -0.2) is 0 Å². The summed E-state index contributed by atoms with van der Waals surface area (Å²) in [6.45, 7) is 0. The second kappa shape index (κ2) is 6.29. The summed E-state index contributed by atoms with van der Waals surface area (Å²) in [5.41, 5.74) is 5.10. The molecule has 6 rings (SSSR count). The predicted molar refractivity (Wildman–Crippen MR) is 120 cm³/mol. The van der Waals surface area contributed by atoms with Gasteiger partial charge in [-0.1, -0.05) is 60.7 Å². The number of rotatable bonds is 3. The molecule has 0 saturated heterocycles. The second-order valence-electron chi connectivity index (χ2n) is 7.24. The summed E-state index contributed by atoms with van der Waals surface area (Å²) in [7, 11) is 3.32. The third-order valence-electron chi connectivity index (χ3n) is 5.71. The van der Waals surface area contributed by atoms with E-state index in [4.69, 9.17) is 18.3 Å². The van der Waals surface area contributed by atoms with Crippen molar-refractivity contribution >= 4 is 43.9 Å². The van der Waals surface area contributed by atoms with Gasteiger partial charge in [0, 0.05) is 32.7 Å². The molecule has 0 unspecified atom stereocenters. The molecule has 0 bridgehead atoms. The predicted octanol–water partition coefficient (Wildman–Crippen LogP) is 7.17. The Bertz CT molecular complexity index is 1450. The molecule has 2 aromatic heterocycles. The molecule has 0 aliphatic rings. The Morgan fingerprint density at radius 3 is 1.23 bits per heavy atom. The van der Waals surface area contributed by atoms with E-state index in [0.29, 0.717) is 0 Å². The Hall–Kier alpha value is -3.92. The van der Waals surface area contributed by atoms with Gasteiger partial charge < -0.3 is 18.3 Å². The molecular weight excluding hydrogens is 376 g/mol. The summed E-state index contributed by atoms with van der Waals surface area (Å²) in [5, 5.41) is 4.16. The number of fused-ring (bicyclic) bond motifs is 6. The van der Waals surface area contributed by atoms with Crippen LogP contribution in [0, 0.1) is 0 Å². The van der Waals surface area contributed by atoms with Crippen LogP contribution in [0.3, 0.4) is 0 Å². The van der Waals surface area contributed by atoms with Crippen LogP contribution < -0.4 is 9.47 Å². The van der Waals surface area contributed by atoms with Crippen molar-refractivity contribution in [1.82, 2.24) is 0 Å². The number of ether oxygens (including phenoxy) is 2. The molecule has 0 atom stereocenters. The zero-order valence-electron chi connectivity index (χ0n) is 16.6. The van der Waals surface area contributed by atoms with E-state index in [-0.39, 0.29) is 0 Å². The number of hydrogen-bond acceptors (Lipinski definition) is 4. The Balaban J connectivity index is 1.72. The van der Waals surface area contributed by atoms with Crippen molar-refractivity contribution in [3.8, 4) is 22.6 Å². The first-order chi connectivity index (χ1) is 14.8. The number of hydrogen-bond donors (Lipinski definition) is 0. The van der Waals surface area contributed by atoms with Crippen LogP contribution >= 0.6 is 0 Å². The molecule has 0 radical (unpaired) electrons. The first kappa shape index (κ1) is 17.0. The Labute approximate surface area is 172 Å². The van der Waals surface area contributed by atoms with Crippen molar-refractivity contribution in [2.24, 2.45) is 0 Å². The summed E-state index contributed by atoms with van der Waals surface area (Å²) in [6.07, 6.45) is 0. The van der Waals surface area contributed by atoms with Crippen LogP contribution in [0.25, 0.3) is 55.0 Å². The van der Waals surface area contributed by atoms with Crippen LogP contribution in [0.5, 0.6) is 11.5 Å². The minimum Gasteiger partial charge on any atom is -0.493 e. The quantitative estimate of drug-likeness (QED) is 0.319. The minimum atomic E-state index is 0.723. The highest BCUT2D eigenvalue weighted by atomic mass is 16.5. The monoisotopic (exact) mass is 394 g/mol. The highest BCUT2D eigenvalue weighted by Crippen LogP contribution is 2.43. The van der Waals surface area contributed by atoms with E-state index in [2.05, 4.69) is 36.4 Å². The van der Waals surface area contributed by atoms with Gasteiger partial charge in [0.05, 0.1) is 14.2 Å². The van der Waals surface area contributed by atoms with Crippen LogP contribution in [-0.4, -0.2) is 14.2 Å². The molecule has 0 fully saturated rings. The zero-order chi connectivity index (χ0) is 20.2. The average molecular weight is 394 g/mol. The molecule has 0 spiro atoms. The summed E-state index contributed by atoms with van der Waals surface area (Å²) in [5.74, 6) is 1.45. The third-order valence-corrected chi connectivity index (χ3v) is 5.71. The Kier molecular flexibility index (Phi) is 3.56. The summed E-state index contributed by atoms with van der Waals surface area (Å²) >= 11 is 0. The van der Waals surface area contributed by atoms with Crippen molar-refractivity contribution in [3.05, 3.63) is 72.8 Å². The fraction of sp³-hybridized carbons (Fsp3) is 0.0769. The van der Waals surface area contributed by atoms with Crippen LogP contribution in [0.15, 0.2) is 81.6 Å². The molecule has 4 heteroatoms. The van der Waals surface area contributed by atoms with Crippen LogP contribution in [0.4, 0.5) is 0 Å². The van der Waals surface area contributed by atoms with Gasteiger partial charge in [-0.2, -0.15) is 0 Å². The maximum Gasteiger partial charge on any atom is 0.177 e. The van der Waals surface area contributed by atoms with Crippen molar-refractivity contribution in [2.45, 2.75) is 0 Å². The molecule has 0 aliphatic heterocycles. The van der Waals surface area contributed by atoms with Crippen LogP contribution in [0.1, 0.15) is 0 Å². The molecule has 30 heavy (non-hydrogen) atoms. The topological polar surface area (TPSA) is 44.7 Å². The molecule has 4 nitrogen and oxygen atoms in total. The molecule has 2 heterocycles. The lowest BCUT2D eigenvalue weighted by Crippen LogP contribution is -1.81. The lowest BCUT2D eigenvalue weighted by Gasteiger charge is -2.03. The maximum absolute atomic E-state index is 6.34. The lowest BCUT2D eigenvalue weighted by molar-refractivity contribution is 0.412. The molecule has 0 saturated carbocycles. The highest BCUT2D eigenvalue weighted by Gasteiger charge is 2.19. The van der Waals surface area contributed by atoms with Gasteiger partial charge in [0.2, 0.25) is 0 Å². The SMILES string of the molecule is COc1cccc2c1oc1c(-c3cccc4c3oc3c(OC)cccc34)cccc12. The third kappa shape index (κ3) is 2.22. The number of para-hydroxylation sites is 4. The molecule has 4 aromatic carbocycles.